The molecule has 1 saturated carbocycles. The predicted octanol–water partition coefficient (Wildman–Crippen LogP) is 5.49. The first-order chi connectivity index (χ1) is 11.4. The Bertz CT molecular complexity index is 698. The third-order valence-electron chi connectivity index (χ3n) is 6.63. The van der Waals surface area contributed by atoms with Crippen LogP contribution in [0.15, 0.2) is 42.2 Å². The summed E-state index contributed by atoms with van der Waals surface area (Å²) in [7, 11) is 0. The summed E-state index contributed by atoms with van der Waals surface area (Å²) in [6.45, 7) is 4.81. The van der Waals surface area contributed by atoms with Crippen molar-refractivity contribution >= 4 is 0 Å². The lowest BCUT2D eigenvalue weighted by Gasteiger charge is -2.50. The molecule has 0 bridgehead atoms. The van der Waals surface area contributed by atoms with Crippen LogP contribution in [0.5, 0.6) is 5.75 Å². The summed E-state index contributed by atoms with van der Waals surface area (Å²) >= 11 is 0. The smallest absolute Gasteiger partial charge is 0.115 e. The fourth-order valence-electron chi connectivity index (χ4n) is 5.41. The maximum atomic E-state index is 9.98. The van der Waals surface area contributed by atoms with E-state index in [2.05, 4.69) is 26.0 Å². The molecule has 0 saturated heterocycles. The topological polar surface area (TPSA) is 40.5 Å². The van der Waals surface area contributed by atoms with Gasteiger partial charge < -0.3 is 10.2 Å². The average Bonchev–Trinajstić information content (AvgIpc) is 2.54. The molecule has 2 N–H and O–H groups in total. The highest BCUT2D eigenvalue weighted by Gasteiger charge is 2.45. The molecule has 0 amide bonds. The number of aromatic hydroxyl groups is 1. The molecule has 0 heterocycles. The number of aliphatic hydroxyl groups excluding tert-OH is 1. The number of rotatable bonds is 1. The van der Waals surface area contributed by atoms with E-state index in [0.717, 1.165) is 12.8 Å². The normalized spacial score (nSPS) is 34.2. The number of hydrogen-bond acceptors (Lipinski definition) is 2. The summed E-state index contributed by atoms with van der Waals surface area (Å²) in [4.78, 5) is 0. The summed E-state index contributed by atoms with van der Waals surface area (Å²) in [6, 6.07) is 5.99. The minimum Gasteiger partial charge on any atom is -0.508 e. The van der Waals surface area contributed by atoms with Crippen LogP contribution in [0.3, 0.4) is 0 Å². The molecule has 128 valence electrons. The van der Waals surface area contributed by atoms with Gasteiger partial charge in [0.2, 0.25) is 0 Å². The van der Waals surface area contributed by atoms with Gasteiger partial charge in [-0.1, -0.05) is 26.0 Å². The molecule has 0 aromatic heterocycles. The number of hydrogen-bond donors (Lipinski definition) is 2. The van der Waals surface area contributed by atoms with Crippen molar-refractivity contribution in [2.24, 2.45) is 23.2 Å². The molecule has 0 aliphatic heterocycles. The first kappa shape index (κ1) is 15.8. The predicted molar refractivity (Wildman–Crippen MR) is 97.1 cm³/mol. The zero-order valence-corrected chi connectivity index (χ0v) is 14.7. The summed E-state index contributed by atoms with van der Waals surface area (Å²) in [5, 5.41) is 19.7. The number of aliphatic hydroxyl groups is 1. The van der Waals surface area contributed by atoms with Crippen molar-refractivity contribution in [2.75, 3.05) is 0 Å². The number of benzene rings is 1. The lowest BCUT2D eigenvalue weighted by atomic mass is 9.55. The molecule has 0 spiro atoms. The van der Waals surface area contributed by atoms with Crippen molar-refractivity contribution < 1.29 is 10.2 Å². The Morgan fingerprint density at radius 3 is 2.71 bits per heavy atom. The average molecular weight is 324 g/mol. The lowest BCUT2D eigenvalue weighted by molar-refractivity contribution is 0.0805. The van der Waals surface area contributed by atoms with Gasteiger partial charge in [-0.2, -0.15) is 0 Å². The molecule has 2 heteroatoms. The second-order valence-corrected chi connectivity index (χ2v) is 8.82. The van der Waals surface area contributed by atoms with E-state index in [1.54, 1.807) is 0 Å². The van der Waals surface area contributed by atoms with Gasteiger partial charge in [-0.05, 0) is 96.6 Å². The van der Waals surface area contributed by atoms with E-state index >= 15 is 0 Å². The Morgan fingerprint density at radius 1 is 1.12 bits per heavy atom. The molecule has 0 radical (unpaired) electrons. The largest absolute Gasteiger partial charge is 0.508 e. The van der Waals surface area contributed by atoms with Crippen LogP contribution in [0.1, 0.15) is 56.6 Å². The summed E-state index contributed by atoms with van der Waals surface area (Å²) < 4.78 is 0. The Morgan fingerprint density at radius 2 is 1.96 bits per heavy atom. The highest BCUT2D eigenvalue weighted by molar-refractivity contribution is 5.41. The molecule has 1 unspecified atom stereocenters. The van der Waals surface area contributed by atoms with Crippen molar-refractivity contribution in [2.45, 2.75) is 51.9 Å². The number of allylic oxidation sites excluding steroid dienone is 3. The van der Waals surface area contributed by atoms with Crippen LogP contribution in [0.25, 0.3) is 0 Å². The van der Waals surface area contributed by atoms with Crippen LogP contribution < -0.4 is 0 Å². The molecule has 1 aromatic carbocycles. The van der Waals surface area contributed by atoms with Crippen molar-refractivity contribution in [3.63, 3.8) is 0 Å². The van der Waals surface area contributed by atoms with Crippen LogP contribution in [0.2, 0.25) is 0 Å². The second-order valence-electron chi connectivity index (χ2n) is 8.82. The standard InChI is InChI=1S/C22H28O2/c1-22(2)10-9-18-20-12-17(24)8-5-15(20)11-19(21(18)13-22)14-3-6-16(23)7-4-14/h3,5-8,12,14,18-19,21,23-24H,4,9-11,13H2,1-2H3/t14?,18-,19-,21-/m0/s1. The van der Waals surface area contributed by atoms with E-state index in [9.17, 15) is 10.2 Å². The molecule has 4 atom stereocenters. The van der Waals surface area contributed by atoms with Crippen molar-refractivity contribution in [1.82, 2.24) is 0 Å². The molecule has 3 aliphatic carbocycles. The van der Waals surface area contributed by atoms with E-state index in [1.807, 2.05) is 24.3 Å². The number of phenolic OH excluding ortho intramolecular Hbond substituents is 1. The first-order valence-corrected chi connectivity index (χ1v) is 9.32. The summed E-state index contributed by atoms with van der Waals surface area (Å²) in [5.74, 6) is 3.21. The second kappa shape index (κ2) is 5.68. The van der Waals surface area contributed by atoms with Crippen molar-refractivity contribution in [3.8, 4) is 5.75 Å². The van der Waals surface area contributed by atoms with E-state index in [1.165, 1.54) is 30.4 Å². The van der Waals surface area contributed by atoms with Gasteiger partial charge in [0, 0.05) is 0 Å². The van der Waals surface area contributed by atoms with E-state index < -0.39 is 0 Å². The minimum atomic E-state index is 0.404. The van der Waals surface area contributed by atoms with Crippen LogP contribution in [-0.4, -0.2) is 10.2 Å². The number of phenols is 1. The van der Waals surface area contributed by atoms with Crippen molar-refractivity contribution in [3.05, 3.63) is 53.3 Å². The van der Waals surface area contributed by atoms with Gasteiger partial charge in [0.05, 0.1) is 0 Å². The maximum absolute atomic E-state index is 9.98. The Balaban J connectivity index is 1.71. The molecular formula is C22H28O2. The molecule has 4 rings (SSSR count). The van der Waals surface area contributed by atoms with Crippen LogP contribution in [-0.2, 0) is 6.42 Å². The summed E-state index contributed by atoms with van der Waals surface area (Å²) in [5.41, 5.74) is 3.22. The lowest BCUT2D eigenvalue weighted by Crippen LogP contribution is -2.40. The third-order valence-corrected chi connectivity index (χ3v) is 6.63. The van der Waals surface area contributed by atoms with Gasteiger partial charge in [-0.3, -0.25) is 0 Å². The monoisotopic (exact) mass is 324 g/mol. The summed E-state index contributed by atoms with van der Waals surface area (Å²) in [6.07, 6.45) is 11.9. The van der Waals surface area contributed by atoms with Crippen LogP contribution >= 0.6 is 0 Å². The zero-order valence-electron chi connectivity index (χ0n) is 14.7. The highest BCUT2D eigenvalue weighted by atomic mass is 16.3. The molecule has 3 aliphatic rings. The molecule has 2 nitrogen and oxygen atoms in total. The highest BCUT2D eigenvalue weighted by Crippen LogP contribution is 2.55. The van der Waals surface area contributed by atoms with Crippen LogP contribution in [0.4, 0.5) is 0 Å². The Kier molecular flexibility index (Phi) is 3.74. The molecular weight excluding hydrogens is 296 g/mol. The van der Waals surface area contributed by atoms with Gasteiger partial charge in [-0.15, -0.1) is 0 Å². The Labute approximate surface area is 144 Å². The number of fused-ring (bicyclic) bond motifs is 3. The van der Waals surface area contributed by atoms with Gasteiger partial charge in [0.25, 0.3) is 0 Å². The van der Waals surface area contributed by atoms with E-state index in [4.69, 9.17) is 0 Å². The minimum absolute atomic E-state index is 0.404. The fraction of sp³-hybridized carbons (Fsp3) is 0.545. The van der Waals surface area contributed by atoms with Gasteiger partial charge in [-0.25, -0.2) is 0 Å². The van der Waals surface area contributed by atoms with Gasteiger partial charge in [0.1, 0.15) is 11.5 Å². The van der Waals surface area contributed by atoms with Crippen LogP contribution in [0, 0.1) is 23.2 Å². The Hall–Kier alpha value is -1.70. The zero-order chi connectivity index (χ0) is 16.9. The quantitative estimate of drug-likeness (QED) is 0.717. The van der Waals surface area contributed by atoms with Gasteiger partial charge in [0.15, 0.2) is 0 Å². The fourth-order valence-corrected chi connectivity index (χ4v) is 5.41. The molecule has 24 heavy (non-hydrogen) atoms. The van der Waals surface area contributed by atoms with Gasteiger partial charge >= 0.3 is 0 Å². The van der Waals surface area contributed by atoms with E-state index in [0.29, 0.717) is 40.6 Å². The third kappa shape index (κ3) is 2.76. The van der Waals surface area contributed by atoms with E-state index in [-0.39, 0.29) is 0 Å². The first-order valence-electron chi connectivity index (χ1n) is 9.32. The van der Waals surface area contributed by atoms with Crippen molar-refractivity contribution in [1.29, 1.82) is 0 Å². The SMILES string of the molecule is CC1(C)CC[C@H]2c3cc(O)ccc3C[C@@H](C3C=CC(O)=CC3)[C@H]2C1. The maximum Gasteiger partial charge on any atom is 0.115 e. The molecule has 1 fully saturated rings. The molecule has 1 aromatic rings.